The summed E-state index contributed by atoms with van der Waals surface area (Å²) in [7, 11) is 0. The lowest BCUT2D eigenvalue weighted by molar-refractivity contribution is 0.146. The zero-order valence-corrected chi connectivity index (χ0v) is 7.17. The summed E-state index contributed by atoms with van der Waals surface area (Å²) in [4.78, 5) is 3.32. The predicted molar refractivity (Wildman–Crippen MR) is 43.0 cm³/mol. The van der Waals surface area contributed by atoms with Crippen LogP contribution < -0.4 is 5.73 Å². The molecule has 0 unspecified atom stereocenters. The van der Waals surface area contributed by atoms with Crippen LogP contribution in [0.4, 0.5) is 13.2 Å². The third-order valence-electron chi connectivity index (χ3n) is 1.80. The molecule has 0 aliphatic heterocycles. The normalized spacial score (nSPS) is 11.0. The molecule has 0 saturated carbocycles. The summed E-state index contributed by atoms with van der Waals surface area (Å²) < 4.78 is 37.4. The highest BCUT2D eigenvalue weighted by atomic mass is 19.3. The average Bonchev–Trinajstić information content (AvgIpc) is 2.16. The number of aliphatic hydroxyl groups excluding tert-OH is 1. The summed E-state index contributed by atoms with van der Waals surface area (Å²) in [6, 6.07) is 0.607. The van der Waals surface area contributed by atoms with E-state index in [0.717, 1.165) is 0 Å². The van der Waals surface area contributed by atoms with Gasteiger partial charge in [-0.15, -0.1) is 0 Å². The lowest BCUT2D eigenvalue weighted by atomic mass is 10.1. The zero-order valence-electron chi connectivity index (χ0n) is 7.17. The van der Waals surface area contributed by atoms with Gasteiger partial charge in [-0.05, 0) is 0 Å². The molecule has 0 bridgehead atoms. The van der Waals surface area contributed by atoms with E-state index in [4.69, 9.17) is 10.8 Å². The summed E-state index contributed by atoms with van der Waals surface area (Å²) in [6.45, 7) is -0.813. The summed E-state index contributed by atoms with van der Waals surface area (Å²) in [5.74, 6) is -1.02. The molecular formula is C8H9F3N2O. The Bertz CT molecular complexity index is 331. The fraction of sp³-hybridized carbons (Fsp3) is 0.375. The summed E-state index contributed by atoms with van der Waals surface area (Å²) in [5, 5.41) is 8.82. The van der Waals surface area contributed by atoms with Gasteiger partial charge in [0.15, 0.2) is 0 Å². The van der Waals surface area contributed by atoms with E-state index in [1.807, 2.05) is 0 Å². The number of nitrogens with zero attached hydrogens (tertiary/aromatic N) is 1. The molecular weight excluding hydrogens is 197 g/mol. The SMILES string of the molecule is NCc1nc(F)cc(C(F)F)c1CO. The molecule has 0 spiro atoms. The van der Waals surface area contributed by atoms with Crippen LogP contribution in [0.2, 0.25) is 0 Å². The van der Waals surface area contributed by atoms with Crippen molar-refractivity contribution in [3.63, 3.8) is 0 Å². The maximum Gasteiger partial charge on any atom is 0.264 e. The number of alkyl halides is 2. The minimum Gasteiger partial charge on any atom is -0.392 e. The van der Waals surface area contributed by atoms with Gasteiger partial charge in [0.1, 0.15) is 0 Å². The Kier molecular flexibility index (Phi) is 3.43. The molecule has 0 saturated heterocycles. The van der Waals surface area contributed by atoms with Crippen molar-refractivity contribution >= 4 is 0 Å². The van der Waals surface area contributed by atoms with Gasteiger partial charge in [-0.2, -0.15) is 4.39 Å². The van der Waals surface area contributed by atoms with Crippen LogP contribution in [-0.2, 0) is 13.2 Å². The molecule has 1 heterocycles. The van der Waals surface area contributed by atoms with Crippen LogP contribution in [0.25, 0.3) is 0 Å². The maximum atomic E-state index is 12.7. The number of hydrogen-bond donors (Lipinski definition) is 2. The second-order valence-electron chi connectivity index (χ2n) is 2.62. The van der Waals surface area contributed by atoms with E-state index in [-0.39, 0.29) is 17.8 Å². The molecule has 0 atom stereocenters. The zero-order chi connectivity index (χ0) is 10.7. The first-order valence-electron chi connectivity index (χ1n) is 3.87. The minimum absolute atomic E-state index is 0.0391. The van der Waals surface area contributed by atoms with E-state index in [1.165, 1.54) is 0 Å². The Hall–Kier alpha value is -1.14. The third kappa shape index (κ3) is 2.02. The van der Waals surface area contributed by atoms with Gasteiger partial charge in [0.25, 0.3) is 6.43 Å². The van der Waals surface area contributed by atoms with Crippen LogP contribution in [0.1, 0.15) is 23.2 Å². The van der Waals surface area contributed by atoms with Crippen LogP contribution in [-0.4, -0.2) is 10.1 Å². The van der Waals surface area contributed by atoms with E-state index in [2.05, 4.69) is 4.98 Å². The molecule has 78 valence electrons. The highest BCUT2D eigenvalue weighted by molar-refractivity contribution is 5.30. The van der Waals surface area contributed by atoms with Crippen LogP contribution in [0.3, 0.4) is 0 Å². The fourth-order valence-electron chi connectivity index (χ4n) is 1.16. The third-order valence-corrected chi connectivity index (χ3v) is 1.80. The summed E-state index contributed by atoms with van der Waals surface area (Å²) in [6.07, 6.45) is -2.85. The average molecular weight is 206 g/mol. The summed E-state index contributed by atoms with van der Waals surface area (Å²) >= 11 is 0. The molecule has 0 amide bonds. The molecule has 0 fully saturated rings. The van der Waals surface area contributed by atoms with Crippen molar-refractivity contribution in [3.05, 3.63) is 28.8 Å². The predicted octanol–water partition coefficient (Wildman–Crippen LogP) is 1.11. The van der Waals surface area contributed by atoms with Crippen molar-refractivity contribution < 1.29 is 18.3 Å². The van der Waals surface area contributed by atoms with Crippen molar-refractivity contribution in [1.82, 2.24) is 4.98 Å². The van der Waals surface area contributed by atoms with Gasteiger partial charge in [-0.3, -0.25) is 0 Å². The van der Waals surface area contributed by atoms with Crippen molar-refractivity contribution in [1.29, 1.82) is 0 Å². The van der Waals surface area contributed by atoms with Crippen LogP contribution in [0.15, 0.2) is 6.07 Å². The highest BCUT2D eigenvalue weighted by Crippen LogP contribution is 2.25. The lowest BCUT2D eigenvalue weighted by Gasteiger charge is -2.10. The van der Waals surface area contributed by atoms with E-state index in [9.17, 15) is 13.2 Å². The quantitative estimate of drug-likeness (QED) is 0.728. The van der Waals surface area contributed by atoms with Crippen molar-refractivity contribution in [2.75, 3.05) is 0 Å². The molecule has 0 radical (unpaired) electrons. The Morgan fingerprint density at radius 2 is 2.14 bits per heavy atom. The van der Waals surface area contributed by atoms with Gasteiger partial charge in [0.05, 0.1) is 12.3 Å². The van der Waals surface area contributed by atoms with Gasteiger partial charge >= 0.3 is 0 Å². The topological polar surface area (TPSA) is 59.1 Å². The van der Waals surface area contributed by atoms with E-state index >= 15 is 0 Å². The second-order valence-corrected chi connectivity index (χ2v) is 2.62. The molecule has 1 rings (SSSR count). The van der Waals surface area contributed by atoms with Crippen LogP contribution in [0, 0.1) is 5.95 Å². The van der Waals surface area contributed by atoms with E-state index in [1.54, 1.807) is 0 Å². The monoisotopic (exact) mass is 206 g/mol. The number of pyridine rings is 1. The number of rotatable bonds is 3. The molecule has 6 heteroatoms. The Balaban J connectivity index is 3.31. The summed E-state index contributed by atoms with van der Waals surface area (Å²) in [5.41, 5.74) is 4.49. The first-order chi connectivity index (χ1) is 6.60. The van der Waals surface area contributed by atoms with Crippen LogP contribution >= 0.6 is 0 Å². The highest BCUT2D eigenvalue weighted by Gasteiger charge is 2.17. The molecule has 0 aromatic carbocycles. The lowest BCUT2D eigenvalue weighted by Crippen LogP contribution is -2.10. The van der Waals surface area contributed by atoms with Crippen LogP contribution in [0.5, 0.6) is 0 Å². The molecule has 1 aromatic rings. The smallest absolute Gasteiger partial charge is 0.264 e. The van der Waals surface area contributed by atoms with Gasteiger partial charge in [-0.25, -0.2) is 13.8 Å². The van der Waals surface area contributed by atoms with Gasteiger partial charge in [0, 0.05) is 23.7 Å². The maximum absolute atomic E-state index is 12.7. The number of halogens is 3. The minimum atomic E-state index is -2.85. The Labute approximate surface area is 78.4 Å². The molecule has 3 N–H and O–H groups in total. The fourth-order valence-corrected chi connectivity index (χ4v) is 1.16. The molecule has 14 heavy (non-hydrogen) atoms. The standard InChI is InChI=1S/C8H9F3N2O/c9-7-1-4(8(10)11)5(3-14)6(2-12)13-7/h1,8,14H,2-3,12H2. The molecule has 0 aliphatic carbocycles. The number of aliphatic hydroxyl groups is 1. The molecule has 3 nitrogen and oxygen atoms in total. The van der Waals surface area contributed by atoms with E-state index < -0.39 is 24.5 Å². The number of nitrogens with two attached hydrogens (primary N) is 1. The number of aromatic nitrogens is 1. The van der Waals surface area contributed by atoms with Gasteiger partial charge < -0.3 is 10.8 Å². The first kappa shape index (κ1) is 10.9. The largest absolute Gasteiger partial charge is 0.392 e. The second kappa shape index (κ2) is 4.39. The van der Waals surface area contributed by atoms with E-state index in [0.29, 0.717) is 6.07 Å². The Morgan fingerprint density at radius 1 is 1.50 bits per heavy atom. The van der Waals surface area contributed by atoms with Gasteiger partial charge in [-0.1, -0.05) is 0 Å². The van der Waals surface area contributed by atoms with Crippen molar-refractivity contribution in [2.24, 2.45) is 5.73 Å². The molecule has 0 aliphatic rings. The number of hydrogen-bond acceptors (Lipinski definition) is 3. The molecule has 1 aromatic heterocycles. The van der Waals surface area contributed by atoms with Crippen molar-refractivity contribution in [3.8, 4) is 0 Å². The first-order valence-corrected chi connectivity index (χ1v) is 3.87. The van der Waals surface area contributed by atoms with Crippen molar-refractivity contribution in [2.45, 2.75) is 19.6 Å². The Morgan fingerprint density at radius 3 is 2.57 bits per heavy atom. The van der Waals surface area contributed by atoms with Gasteiger partial charge in [0.2, 0.25) is 5.95 Å².